The number of imidazole rings is 1. The first-order valence-corrected chi connectivity index (χ1v) is 8.16. The predicted octanol–water partition coefficient (Wildman–Crippen LogP) is 4.20. The van der Waals surface area contributed by atoms with Crippen molar-refractivity contribution in [3.63, 3.8) is 0 Å². The minimum atomic E-state index is 0.431. The van der Waals surface area contributed by atoms with Gasteiger partial charge in [0, 0.05) is 16.7 Å². The Balaban J connectivity index is 2.11. The van der Waals surface area contributed by atoms with E-state index in [0.717, 1.165) is 36.4 Å². The summed E-state index contributed by atoms with van der Waals surface area (Å²) < 4.78 is 8.97. The summed E-state index contributed by atoms with van der Waals surface area (Å²) in [6.45, 7) is 4.52. The zero-order valence-electron chi connectivity index (χ0n) is 11.0. The van der Waals surface area contributed by atoms with Gasteiger partial charge in [-0.15, -0.1) is 11.6 Å². The summed E-state index contributed by atoms with van der Waals surface area (Å²) in [6, 6.07) is 6.28. The molecule has 0 amide bonds. The molecule has 0 N–H and O–H groups in total. The van der Waals surface area contributed by atoms with E-state index in [-0.39, 0.29) is 0 Å². The van der Waals surface area contributed by atoms with Gasteiger partial charge in [-0.05, 0) is 47.2 Å². The first-order valence-electron chi connectivity index (χ1n) is 6.54. The van der Waals surface area contributed by atoms with Gasteiger partial charge >= 0.3 is 0 Å². The second-order valence-corrected chi connectivity index (χ2v) is 5.93. The number of rotatable bonds is 7. The van der Waals surface area contributed by atoms with E-state index in [1.807, 2.05) is 0 Å². The van der Waals surface area contributed by atoms with Crippen LogP contribution in [0, 0.1) is 3.57 Å². The monoisotopic (exact) mass is 392 g/mol. The average molecular weight is 393 g/mol. The number of ether oxygens (including phenoxy) is 1. The van der Waals surface area contributed by atoms with Gasteiger partial charge in [-0.2, -0.15) is 0 Å². The van der Waals surface area contributed by atoms with Crippen molar-refractivity contribution < 1.29 is 4.74 Å². The highest BCUT2D eigenvalue weighted by molar-refractivity contribution is 14.1. The van der Waals surface area contributed by atoms with Crippen LogP contribution in [-0.4, -0.2) is 22.8 Å². The topological polar surface area (TPSA) is 27.1 Å². The van der Waals surface area contributed by atoms with Gasteiger partial charge in [0.15, 0.2) is 0 Å². The molecular weight excluding hydrogens is 375 g/mol. The van der Waals surface area contributed by atoms with Crippen LogP contribution in [0.4, 0.5) is 0 Å². The van der Waals surface area contributed by atoms with Crippen molar-refractivity contribution in [2.75, 3.05) is 13.2 Å². The zero-order valence-corrected chi connectivity index (χ0v) is 13.9. The quantitative estimate of drug-likeness (QED) is 0.401. The lowest BCUT2D eigenvalue weighted by atomic mass is 10.3. The van der Waals surface area contributed by atoms with Crippen LogP contribution < -0.4 is 0 Å². The fraction of sp³-hybridized carbons (Fsp3) is 0.500. The van der Waals surface area contributed by atoms with Gasteiger partial charge in [0.05, 0.1) is 23.5 Å². The van der Waals surface area contributed by atoms with E-state index in [4.69, 9.17) is 16.3 Å². The van der Waals surface area contributed by atoms with E-state index >= 15 is 0 Å². The van der Waals surface area contributed by atoms with Gasteiger partial charge in [0.2, 0.25) is 0 Å². The molecule has 2 rings (SSSR count). The Morgan fingerprint density at radius 3 is 2.95 bits per heavy atom. The molecule has 1 heterocycles. The summed E-state index contributed by atoms with van der Waals surface area (Å²) in [7, 11) is 0. The first kappa shape index (κ1) is 15.1. The zero-order chi connectivity index (χ0) is 13.7. The van der Waals surface area contributed by atoms with Gasteiger partial charge in [-0.1, -0.05) is 13.3 Å². The van der Waals surface area contributed by atoms with Crippen molar-refractivity contribution in [3.05, 3.63) is 27.6 Å². The summed E-state index contributed by atoms with van der Waals surface area (Å²) in [6.07, 6.45) is 2.28. The molecule has 0 spiro atoms. The van der Waals surface area contributed by atoms with Crippen molar-refractivity contribution in [1.29, 1.82) is 0 Å². The Kier molecular flexibility index (Phi) is 5.91. The van der Waals surface area contributed by atoms with Crippen LogP contribution >= 0.6 is 34.2 Å². The molecule has 0 atom stereocenters. The third-order valence-electron chi connectivity index (χ3n) is 3.01. The Hall–Kier alpha value is -0.330. The summed E-state index contributed by atoms with van der Waals surface area (Å²) in [5.74, 6) is 1.35. The van der Waals surface area contributed by atoms with Crippen molar-refractivity contribution >= 4 is 45.2 Å². The van der Waals surface area contributed by atoms with E-state index in [2.05, 4.69) is 57.3 Å². The van der Waals surface area contributed by atoms with Gasteiger partial charge in [0.1, 0.15) is 5.82 Å². The van der Waals surface area contributed by atoms with Crippen molar-refractivity contribution in [3.8, 4) is 0 Å². The molecule has 0 aliphatic carbocycles. The highest BCUT2D eigenvalue weighted by Crippen LogP contribution is 2.20. The van der Waals surface area contributed by atoms with E-state index in [1.54, 1.807) is 0 Å². The minimum Gasteiger partial charge on any atom is -0.380 e. The van der Waals surface area contributed by atoms with Crippen LogP contribution in [0.3, 0.4) is 0 Å². The van der Waals surface area contributed by atoms with Crippen LogP contribution in [0.5, 0.6) is 0 Å². The summed E-state index contributed by atoms with van der Waals surface area (Å²) >= 11 is 8.28. The molecule has 1 aromatic carbocycles. The second-order valence-electron chi connectivity index (χ2n) is 4.41. The number of hydrogen-bond acceptors (Lipinski definition) is 2. The highest BCUT2D eigenvalue weighted by Gasteiger charge is 2.09. The fourth-order valence-corrected chi connectivity index (χ4v) is 2.69. The molecule has 5 heteroatoms. The number of fused-ring (bicyclic) bond motifs is 1. The van der Waals surface area contributed by atoms with Crippen LogP contribution in [0.1, 0.15) is 25.6 Å². The SMILES string of the molecule is CCCCOCCn1c(CCl)nc2cc(I)ccc21. The number of hydrogen-bond donors (Lipinski definition) is 0. The number of nitrogens with zero attached hydrogens (tertiary/aromatic N) is 2. The number of alkyl halides is 1. The van der Waals surface area contributed by atoms with E-state index < -0.39 is 0 Å². The molecule has 0 aliphatic rings. The number of unbranched alkanes of at least 4 members (excludes halogenated alkanes) is 1. The molecule has 104 valence electrons. The predicted molar refractivity (Wildman–Crippen MR) is 87.7 cm³/mol. The molecule has 0 unspecified atom stereocenters. The molecule has 0 fully saturated rings. The largest absolute Gasteiger partial charge is 0.380 e. The molecule has 0 aliphatic heterocycles. The lowest BCUT2D eigenvalue weighted by Crippen LogP contribution is -2.09. The van der Waals surface area contributed by atoms with Gasteiger partial charge in [-0.3, -0.25) is 0 Å². The molecule has 0 saturated heterocycles. The third kappa shape index (κ3) is 3.83. The third-order valence-corrected chi connectivity index (χ3v) is 3.92. The van der Waals surface area contributed by atoms with Gasteiger partial charge in [0.25, 0.3) is 0 Å². The molecule has 0 radical (unpaired) electrons. The Bertz CT molecular complexity index is 541. The molecule has 1 aromatic heterocycles. The first-order chi connectivity index (χ1) is 9.26. The number of halogens is 2. The van der Waals surface area contributed by atoms with Crippen LogP contribution in [-0.2, 0) is 17.2 Å². The fourth-order valence-electron chi connectivity index (χ4n) is 2.01. The Morgan fingerprint density at radius 1 is 1.37 bits per heavy atom. The van der Waals surface area contributed by atoms with E-state index in [0.29, 0.717) is 12.5 Å². The Morgan fingerprint density at radius 2 is 2.21 bits per heavy atom. The van der Waals surface area contributed by atoms with Crippen LogP contribution in [0.15, 0.2) is 18.2 Å². The van der Waals surface area contributed by atoms with Gasteiger partial charge in [-0.25, -0.2) is 4.98 Å². The minimum absolute atomic E-state index is 0.431. The summed E-state index contributed by atoms with van der Waals surface area (Å²) in [5, 5.41) is 0. The molecular formula is C14H18ClIN2O. The summed E-state index contributed by atoms with van der Waals surface area (Å²) in [4.78, 5) is 4.58. The lowest BCUT2D eigenvalue weighted by Gasteiger charge is -2.08. The normalized spacial score (nSPS) is 11.3. The van der Waals surface area contributed by atoms with Crippen LogP contribution in [0.2, 0.25) is 0 Å². The standard InChI is InChI=1S/C14H18ClIN2O/c1-2-3-7-19-8-6-18-13-5-4-11(16)9-12(13)17-14(18)10-15/h4-5,9H,2-3,6-8,10H2,1H3. The van der Waals surface area contributed by atoms with E-state index in [1.165, 1.54) is 9.99 Å². The van der Waals surface area contributed by atoms with Gasteiger partial charge < -0.3 is 9.30 Å². The molecule has 2 aromatic rings. The van der Waals surface area contributed by atoms with E-state index in [9.17, 15) is 0 Å². The maximum Gasteiger partial charge on any atom is 0.124 e. The molecule has 0 saturated carbocycles. The maximum atomic E-state index is 5.98. The highest BCUT2D eigenvalue weighted by atomic mass is 127. The average Bonchev–Trinajstić information content (AvgIpc) is 2.75. The molecule has 3 nitrogen and oxygen atoms in total. The number of aromatic nitrogens is 2. The summed E-state index contributed by atoms with van der Waals surface area (Å²) in [5.41, 5.74) is 2.14. The van der Waals surface area contributed by atoms with Crippen molar-refractivity contribution in [1.82, 2.24) is 9.55 Å². The molecule has 0 bridgehead atoms. The maximum absolute atomic E-state index is 5.98. The smallest absolute Gasteiger partial charge is 0.124 e. The van der Waals surface area contributed by atoms with Crippen molar-refractivity contribution in [2.45, 2.75) is 32.2 Å². The lowest BCUT2D eigenvalue weighted by molar-refractivity contribution is 0.124. The molecule has 19 heavy (non-hydrogen) atoms. The Labute approximate surface area is 132 Å². The second kappa shape index (κ2) is 7.45. The number of benzene rings is 1. The van der Waals surface area contributed by atoms with Crippen LogP contribution in [0.25, 0.3) is 11.0 Å². The van der Waals surface area contributed by atoms with Crippen molar-refractivity contribution in [2.24, 2.45) is 0 Å².